The van der Waals surface area contributed by atoms with E-state index < -0.39 is 8.32 Å². The average molecular weight is 353 g/mol. The number of hydrogen-bond donors (Lipinski definition) is 0. The lowest BCUT2D eigenvalue weighted by Gasteiger charge is -2.23. The van der Waals surface area contributed by atoms with E-state index in [1.807, 2.05) is 18.2 Å². The van der Waals surface area contributed by atoms with Crippen molar-refractivity contribution in [1.82, 2.24) is 0 Å². The third-order valence-electron chi connectivity index (χ3n) is 3.10. The van der Waals surface area contributed by atoms with Gasteiger partial charge in [0.1, 0.15) is 5.82 Å². The van der Waals surface area contributed by atoms with Crippen LogP contribution in [0.5, 0.6) is 0 Å². The van der Waals surface area contributed by atoms with E-state index in [1.165, 1.54) is 17.7 Å². The second-order valence-corrected chi connectivity index (χ2v) is 10.5. The van der Waals surface area contributed by atoms with Crippen molar-refractivity contribution in [2.24, 2.45) is 0 Å². The van der Waals surface area contributed by atoms with Gasteiger partial charge in [0, 0.05) is 4.47 Å². The highest BCUT2D eigenvalue weighted by Gasteiger charge is 2.23. The van der Waals surface area contributed by atoms with Crippen molar-refractivity contribution < 1.29 is 8.82 Å². The van der Waals surface area contributed by atoms with Crippen LogP contribution in [0.25, 0.3) is 0 Å². The van der Waals surface area contributed by atoms with E-state index in [1.54, 1.807) is 6.07 Å². The van der Waals surface area contributed by atoms with E-state index in [-0.39, 0.29) is 5.82 Å². The first-order chi connectivity index (χ1) is 9.46. The van der Waals surface area contributed by atoms with Crippen LogP contribution in [0.2, 0.25) is 13.1 Å². The summed E-state index contributed by atoms with van der Waals surface area (Å²) in [7, 11) is -1.81. The molecule has 4 heteroatoms. The van der Waals surface area contributed by atoms with Crippen LogP contribution >= 0.6 is 15.9 Å². The highest BCUT2D eigenvalue weighted by Crippen LogP contribution is 2.21. The third kappa shape index (κ3) is 4.54. The molecule has 0 atom stereocenters. The normalized spacial score (nSPS) is 11.6. The van der Waals surface area contributed by atoms with Gasteiger partial charge in [0.15, 0.2) is 8.32 Å². The lowest BCUT2D eigenvalue weighted by Crippen LogP contribution is -2.33. The van der Waals surface area contributed by atoms with Crippen LogP contribution < -0.4 is 0 Å². The van der Waals surface area contributed by atoms with Gasteiger partial charge in [0.2, 0.25) is 0 Å². The number of rotatable bonds is 5. The highest BCUT2D eigenvalue weighted by atomic mass is 79.9. The molecule has 0 amide bonds. The van der Waals surface area contributed by atoms with E-state index in [2.05, 4.69) is 41.2 Å². The Balaban J connectivity index is 2.00. The fourth-order valence-electron chi connectivity index (χ4n) is 2.07. The average Bonchev–Trinajstić information content (AvgIpc) is 2.40. The first-order valence-electron chi connectivity index (χ1n) is 6.58. The van der Waals surface area contributed by atoms with Crippen LogP contribution in [0.3, 0.4) is 0 Å². The van der Waals surface area contributed by atoms with E-state index in [9.17, 15) is 4.39 Å². The van der Waals surface area contributed by atoms with Gasteiger partial charge in [-0.2, -0.15) is 0 Å². The lowest BCUT2D eigenvalue weighted by atomic mass is 10.2. The molecule has 0 spiro atoms. The van der Waals surface area contributed by atoms with E-state index in [4.69, 9.17) is 4.43 Å². The van der Waals surface area contributed by atoms with Crippen LogP contribution in [0.1, 0.15) is 11.1 Å². The summed E-state index contributed by atoms with van der Waals surface area (Å²) >= 11 is 3.43. The first-order valence-corrected chi connectivity index (χ1v) is 10.5. The molecule has 0 heterocycles. The van der Waals surface area contributed by atoms with E-state index in [0.717, 1.165) is 16.1 Å². The van der Waals surface area contributed by atoms with Crippen LogP contribution in [-0.2, 0) is 17.1 Å². The van der Waals surface area contributed by atoms with Crippen LogP contribution in [0.4, 0.5) is 4.39 Å². The van der Waals surface area contributed by atoms with E-state index >= 15 is 0 Å². The van der Waals surface area contributed by atoms with Gasteiger partial charge in [0.05, 0.1) is 6.61 Å². The van der Waals surface area contributed by atoms with Crippen molar-refractivity contribution in [3.8, 4) is 0 Å². The second-order valence-electron chi connectivity index (χ2n) is 5.45. The molecule has 2 rings (SSSR count). The smallest absolute Gasteiger partial charge is 0.191 e. The first kappa shape index (κ1) is 15.4. The van der Waals surface area contributed by atoms with Gasteiger partial charge < -0.3 is 4.43 Å². The predicted octanol–water partition coefficient (Wildman–Crippen LogP) is 5.09. The van der Waals surface area contributed by atoms with Gasteiger partial charge >= 0.3 is 0 Å². The monoisotopic (exact) mass is 352 g/mol. The zero-order valence-corrected chi connectivity index (χ0v) is 14.3. The molecule has 0 N–H and O–H groups in total. The minimum Gasteiger partial charge on any atom is -0.413 e. The van der Waals surface area contributed by atoms with Gasteiger partial charge in [-0.05, 0) is 48.5 Å². The number of halogens is 2. The Bertz CT molecular complexity index is 572. The maximum atomic E-state index is 13.2. The molecule has 0 bridgehead atoms. The summed E-state index contributed by atoms with van der Waals surface area (Å²) in [6.07, 6.45) is 0. The van der Waals surface area contributed by atoms with Crippen molar-refractivity contribution in [3.63, 3.8) is 0 Å². The number of hydrogen-bond acceptors (Lipinski definition) is 1. The molecule has 0 fully saturated rings. The molecule has 0 aliphatic carbocycles. The maximum Gasteiger partial charge on any atom is 0.191 e. The summed E-state index contributed by atoms with van der Waals surface area (Å²) < 4.78 is 20.2. The zero-order chi connectivity index (χ0) is 14.6. The molecule has 0 radical (unpaired) electrons. The van der Waals surface area contributed by atoms with E-state index in [0.29, 0.717) is 6.61 Å². The largest absolute Gasteiger partial charge is 0.413 e. The SMILES string of the molecule is C[Si](C)(Cc1ccccc1)OCc1cc(F)ccc1Br. The van der Waals surface area contributed by atoms with Crippen molar-refractivity contribution in [2.75, 3.05) is 0 Å². The third-order valence-corrected chi connectivity index (χ3v) is 6.06. The molecule has 2 aromatic rings. The quantitative estimate of drug-likeness (QED) is 0.680. The molecule has 0 saturated carbocycles. The Kier molecular flexibility index (Phi) is 5.13. The van der Waals surface area contributed by atoms with Gasteiger partial charge in [-0.15, -0.1) is 0 Å². The highest BCUT2D eigenvalue weighted by molar-refractivity contribution is 9.10. The Morgan fingerprint density at radius 2 is 1.80 bits per heavy atom. The van der Waals surface area contributed by atoms with Gasteiger partial charge in [0.25, 0.3) is 0 Å². The molecule has 0 aliphatic heterocycles. The molecule has 0 saturated heterocycles. The minimum absolute atomic E-state index is 0.227. The summed E-state index contributed by atoms with van der Waals surface area (Å²) in [6.45, 7) is 4.82. The summed E-state index contributed by atoms with van der Waals surface area (Å²) in [4.78, 5) is 0. The summed E-state index contributed by atoms with van der Waals surface area (Å²) in [5.74, 6) is -0.227. The molecular formula is C16H18BrFOSi. The standard InChI is InChI=1S/C16H18BrFOSi/c1-20(2,12-13-6-4-3-5-7-13)19-11-14-10-15(18)8-9-16(14)17/h3-10H,11-12H2,1-2H3. The van der Waals surface area contributed by atoms with Crippen molar-refractivity contribution in [3.05, 3.63) is 69.9 Å². The Hall–Kier alpha value is -0.973. The van der Waals surface area contributed by atoms with Crippen molar-refractivity contribution >= 4 is 24.2 Å². The minimum atomic E-state index is -1.81. The molecule has 0 unspecified atom stereocenters. The van der Waals surface area contributed by atoms with Gasteiger partial charge in [-0.25, -0.2) is 4.39 Å². The predicted molar refractivity (Wildman–Crippen MR) is 86.5 cm³/mol. The Morgan fingerprint density at radius 3 is 2.50 bits per heavy atom. The Morgan fingerprint density at radius 1 is 1.10 bits per heavy atom. The molecular weight excluding hydrogens is 335 g/mol. The van der Waals surface area contributed by atoms with Crippen LogP contribution in [0, 0.1) is 5.82 Å². The topological polar surface area (TPSA) is 9.23 Å². The molecule has 1 nitrogen and oxygen atoms in total. The molecule has 0 aliphatic rings. The lowest BCUT2D eigenvalue weighted by molar-refractivity contribution is 0.293. The molecule has 2 aromatic carbocycles. The summed E-state index contributed by atoms with van der Waals surface area (Å²) in [5, 5.41) is 0. The van der Waals surface area contributed by atoms with Gasteiger partial charge in [-0.3, -0.25) is 0 Å². The maximum absolute atomic E-state index is 13.2. The molecule has 20 heavy (non-hydrogen) atoms. The fourth-order valence-corrected chi connectivity index (χ4v) is 4.29. The van der Waals surface area contributed by atoms with Gasteiger partial charge in [-0.1, -0.05) is 46.3 Å². The van der Waals surface area contributed by atoms with Crippen molar-refractivity contribution in [2.45, 2.75) is 25.7 Å². The summed E-state index contributed by atoms with van der Waals surface area (Å²) in [6, 6.07) is 16.0. The van der Waals surface area contributed by atoms with Crippen molar-refractivity contribution in [1.29, 1.82) is 0 Å². The molecule has 106 valence electrons. The number of benzene rings is 2. The fraction of sp³-hybridized carbons (Fsp3) is 0.250. The molecule has 0 aromatic heterocycles. The second kappa shape index (κ2) is 6.65. The van der Waals surface area contributed by atoms with Crippen LogP contribution in [-0.4, -0.2) is 8.32 Å². The Labute approximate surface area is 129 Å². The van der Waals surface area contributed by atoms with Crippen LogP contribution in [0.15, 0.2) is 53.0 Å². The zero-order valence-electron chi connectivity index (χ0n) is 11.7. The summed E-state index contributed by atoms with van der Waals surface area (Å²) in [5.41, 5.74) is 2.15.